The van der Waals surface area contributed by atoms with Crippen LogP contribution in [0.5, 0.6) is 0 Å². The monoisotopic (exact) mass is 383 g/mol. The number of carbonyl (C=O) groups excluding carboxylic acids is 1. The number of rotatable bonds is 3. The quantitative estimate of drug-likeness (QED) is 0.632. The zero-order valence-corrected chi connectivity index (χ0v) is 16.6. The van der Waals surface area contributed by atoms with Crippen LogP contribution in [0.1, 0.15) is 15.9 Å². The Morgan fingerprint density at radius 1 is 1.12 bits per heavy atom. The predicted molar refractivity (Wildman–Crippen MR) is 111 cm³/mol. The van der Waals surface area contributed by atoms with E-state index in [1.54, 1.807) is 23.1 Å². The molecule has 0 saturated carbocycles. The third kappa shape index (κ3) is 3.31. The van der Waals surface area contributed by atoms with Crippen molar-refractivity contribution in [1.82, 2.24) is 9.88 Å². The Morgan fingerprint density at radius 3 is 2.62 bits per heavy atom. The highest BCUT2D eigenvalue weighted by Gasteiger charge is 2.24. The van der Waals surface area contributed by atoms with E-state index in [0.29, 0.717) is 0 Å². The molecule has 134 valence electrons. The molecular weight excluding hydrogens is 362 g/mol. The van der Waals surface area contributed by atoms with Crippen LogP contribution in [0.3, 0.4) is 0 Å². The predicted octanol–water partition coefficient (Wildman–Crippen LogP) is 4.29. The van der Waals surface area contributed by atoms with Gasteiger partial charge in [0.05, 0.1) is 10.2 Å². The minimum absolute atomic E-state index is 0.136. The Bertz CT molecular complexity index is 945. The lowest BCUT2D eigenvalue weighted by Gasteiger charge is -2.34. The Hall–Kier alpha value is -2.05. The molecule has 3 aromatic rings. The van der Waals surface area contributed by atoms with Crippen LogP contribution in [0.25, 0.3) is 10.2 Å². The first kappa shape index (κ1) is 17.4. The highest BCUT2D eigenvalue weighted by Crippen LogP contribution is 2.32. The van der Waals surface area contributed by atoms with Crippen molar-refractivity contribution < 1.29 is 4.79 Å². The SMILES string of the molecule is CSc1ccc2nc(N3CCN(C(=O)c4ccccc4C)CC3)sc2c1. The van der Waals surface area contributed by atoms with E-state index in [9.17, 15) is 4.79 Å². The molecule has 0 N–H and O–H groups in total. The van der Waals surface area contributed by atoms with E-state index in [0.717, 1.165) is 48.0 Å². The van der Waals surface area contributed by atoms with E-state index in [-0.39, 0.29) is 5.91 Å². The summed E-state index contributed by atoms with van der Waals surface area (Å²) in [5, 5.41) is 1.06. The van der Waals surface area contributed by atoms with Gasteiger partial charge >= 0.3 is 0 Å². The number of aryl methyl sites for hydroxylation is 1. The lowest BCUT2D eigenvalue weighted by molar-refractivity contribution is 0.0746. The number of fused-ring (bicyclic) bond motifs is 1. The normalized spacial score (nSPS) is 14.8. The molecule has 0 unspecified atom stereocenters. The molecule has 0 atom stereocenters. The maximum atomic E-state index is 12.8. The van der Waals surface area contributed by atoms with E-state index >= 15 is 0 Å². The molecule has 0 spiro atoms. The second-order valence-corrected chi connectivity index (χ2v) is 8.31. The van der Waals surface area contributed by atoms with Crippen molar-refractivity contribution in [3.8, 4) is 0 Å². The molecule has 6 heteroatoms. The average Bonchev–Trinajstić information content (AvgIpc) is 3.11. The summed E-state index contributed by atoms with van der Waals surface area (Å²) in [6.45, 7) is 5.12. The van der Waals surface area contributed by atoms with Gasteiger partial charge in [-0.2, -0.15) is 0 Å². The van der Waals surface area contributed by atoms with Crippen molar-refractivity contribution in [3.63, 3.8) is 0 Å². The molecule has 4 rings (SSSR count). The smallest absolute Gasteiger partial charge is 0.254 e. The highest BCUT2D eigenvalue weighted by atomic mass is 32.2. The van der Waals surface area contributed by atoms with Crippen molar-refractivity contribution in [1.29, 1.82) is 0 Å². The van der Waals surface area contributed by atoms with Crippen LogP contribution in [0.2, 0.25) is 0 Å². The summed E-state index contributed by atoms with van der Waals surface area (Å²) >= 11 is 3.49. The van der Waals surface area contributed by atoms with Crippen molar-refractivity contribution >= 4 is 44.4 Å². The van der Waals surface area contributed by atoms with Crippen molar-refractivity contribution in [2.24, 2.45) is 0 Å². The van der Waals surface area contributed by atoms with Gasteiger partial charge in [0.15, 0.2) is 5.13 Å². The molecule has 0 radical (unpaired) electrons. The van der Waals surface area contributed by atoms with E-state index in [4.69, 9.17) is 4.98 Å². The molecule has 1 aliphatic heterocycles. The number of benzene rings is 2. The number of anilines is 1. The van der Waals surface area contributed by atoms with Gasteiger partial charge in [-0.15, -0.1) is 11.8 Å². The van der Waals surface area contributed by atoms with Gasteiger partial charge in [0.2, 0.25) is 0 Å². The van der Waals surface area contributed by atoms with Crippen LogP contribution in [-0.4, -0.2) is 48.2 Å². The number of hydrogen-bond acceptors (Lipinski definition) is 5. The molecule has 0 bridgehead atoms. The fourth-order valence-electron chi connectivity index (χ4n) is 3.24. The Labute approximate surface area is 161 Å². The van der Waals surface area contributed by atoms with Gasteiger partial charge < -0.3 is 9.80 Å². The number of aromatic nitrogens is 1. The van der Waals surface area contributed by atoms with E-state index < -0.39 is 0 Å². The number of carbonyl (C=O) groups is 1. The lowest BCUT2D eigenvalue weighted by atomic mass is 10.1. The molecule has 2 heterocycles. The van der Waals surface area contributed by atoms with Crippen LogP contribution in [0.15, 0.2) is 47.4 Å². The van der Waals surface area contributed by atoms with Gasteiger partial charge in [-0.25, -0.2) is 4.98 Å². The number of nitrogens with zero attached hydrogens (tertiary/aromatic N) is 3. The summed E-state index contributed by atoms with van der Waals surface area (Å²) < 4.78 is 1.23. The zero-order valence-electron chi connectivity index (χ0n) is 14.9. The molecule has 1 aromatic heterocycles. The van der Waals surface area contributed by atoms with Crippen LogP contribution < -0.4 is 4.90 Å². The van der Waals surface area contributed by atoms with Crippen molar-refractivity contribution in [2.75, 3.05) is 37.3 Å². The maximum Gasteiger partial charge on any atom is 0.254 e. The Morgan fingerprint density at radius 2 is 1.88 bits per heavy atom. The Balaban J connectivity index is 1.46. The van der Waals surface area contributed by atoms with E-state index in [1.807, 2.05) is 36.1 Å². The number of thiazole rings is 1. The molecule has 2 aromatic carbocycles. The van der Waals surface area contributed by atoms with E-state index in [1.165, 1.54) is 9.60 Å². The number of hydrogen-bond donors (Lipinski definition) is 0. The average molecular weight is 384 g/mol. The van der Waals surface area contributed by atoms with Gasteiger partial charge in [-0.1, -0.05) is 29.5 Å². The van der Waals surface area contributed by atoms with Crippen molar-refractivity contribution in [2.45, 2.75) is 11.8 Å². The first-order chi connectivity index (χ1) is 12.7. The lowest BCUT2D eigenvalue weighted by Crippen LogP contribution is -2.48. The molecule has 1 fully saturated rings. The summed E-state index contributed by atoms with van der Waals surface area (Å²) in [5.41, 5.74) is 2.91. The van der Waals surface area contributed by atoms with Gasteiger partial charge in [0, 0.05) is 36.6 Å². The molecule has 1 saturated heterocycles. The fourth-order valence-corrected chi connectivity index (χ4v) is 4.81. The first-order valence-electron chi connectivity index (χ1n) is 8.70. The standard InChI is InChI=1S/C20H21N3OS2/c1-14-5-3-4-6-16(14)19(24)22-9-11-23(12-10-22)20-21-17-8-7-15(25-2)13-18(17)26-20/h3-8,13H,9-12H2,1-2H3. The summed E-state index contributed by atoms with van der Waals surface area (Å²) in [7, 11) is 0. The van der Waals surface area contributed by atoms with E-state index in [2.05, 4.69) is 29.4 Å². The molecular formula is C20H21N3OS2. The summed E-state index contributed by atoms with van der Waals surface area (Å²) in [6.07, 6.45) is 2.09. The number of thioether (sulfide) groups is 1. The number of piperazine rings is 1. The third-order valence-corrected chi connectivity index (χ3v) is 6.60. The topological polar surface area (TPSA) is 36.4 Å². The van der Waals surface area contributed by atoms with Gasteiger partial charge in [-0.3, -0.25) is 4.79 Å². The molecule has 0 aliphatic carbocycles. The summed E-state index contributed by atoms with van der Waals surface area (Å²) in [5.74, 6) is 0.136. The molecule has 4 nitrogen and oxygen atoms in total. The van der Waals surface area contributed by atoms with Crippen LogP contribution in [0.4, 0.5) is 5.13 Å². The maximum absolute atomic E-state index is 12.8. The van der Waals surface area contributed by atoms with Crippen molar-refractivity contribution in [3.05, 3.63) is 53.6 Å². The minimum atomic E-state index is 0.136. The molecule has 1 amide bonds. The first-order valence-corrected chi connectivity index (χ1v) is 10.7. The number of amides is 1. The zero-order chi connectivity index (χ0) is 18.1. The van der Waals surface area contributed by atoms with Gasteiger partial charge in [-0.05, 0) is 43.0 Å². The largest absolute Gasteiger partial charge is 0.345 e. The second kappa shape index (κ2) is 7.29. The highest BCUT2D eigenvalue weighted by molar-refractivity contribution is 7.98. The van der Waals surface area contributed by atoms with Crippen LogP contribution >= 0.6 is 23.1 Å². The summed E-state index contributed by atoms with van der Waals surface area (Å²) in [4.78, 5) is 23.1. The van der Waals surface area contributed by atoms with Gasteiger partial charge in [0.25, 0.3) is 5.91 Å². The Kier molecular flexibility index (Phi) is 4.87. The fraction of sp³-hybridized carbons (Fsp3) is 0.300. The molecule has 1 aliphatic rings. The minimum Gasteiger partial charge on any atom is -0.345 e. The van der Waals surface area contributed by atoms with Gasteiger partial charge in [0.1, 0.15) is 0 Å². The summed E-state index contributed by atoms with van der Waals surface area (Å²) in [6, 6.07) is 14.2. The van der Waals surface area contributed by atoms with Crippen LogP contribution in [0, 0.1) is 6.92 Å². The molecule has 26 heavy (non-hydrogen) atoms. The van der Waals surface area contributed by atoms with Crippen LogP contribution in [-0.2, 0) is 0 Å². The third-order valence-electron chi connectivity index (χ3n) is 4.80. The second-order valence-electron chi connectivity index (χ2n) is 6.42.